The Hall–Kier alpha value is -2.07. The Morgan fingerprint density at radius 1 is 1.09 bits per heavy atom. The third kappa shape index (κ3) is 3.39. The van der Waals surface area contributed by atoms with Gasteiger partial charge < -0.3 is 0 Å². The van der Waals surface area contributed by atoms with Gasteiger partial charge in [-0.15, -0.1) is 11.8 Å². The van der Waals surface area contributed by atoms with Crippen LogP contribution in [0.15, 0.2) is 53.7 Å². The third-order valence-corrected chi connectivity index (χ3v) is 4.94. The number of nitrogens with zero attached hydrogens (tertiary/aromatic N) is 2. The van der Waals surface area contributed by atoms with E-state index in [1.807, 2.05) is 11.8 Å². The average Bonchev–Trinajstić information content (AvgIpc) is 3.07. The van der Waals surface area contributed by atoms with Crippen molar-refractivity contribution >= 4 is 11.8 Å². The number of nitrogens with one attached hydrogen (secondary N) is 1. The first-order valence-corrected chi connectivity index (χ1v) is 8.36. The molecule has 22 heavy (non-hydrogen) atoms. The Bertz CT molecular complexity index is 737. The molecule has 0 radical (unpaired) electrons. The molecule has 0 saturated carbocycles. The summed E-state index contributed by atoms with van der Waals surface area (Å²) < 4.78 is 0. The first-order chi connectivity index (χ1) is 10.7. The van der Waals surface area contributed by atoms with E-state index in [1.165, 1.54) is 21.6 Å². The molecule has 0 aliphatic heterocycles. The summed E-state index contributed by atoms with van der Waals surface area (Å²) >= 11 is 1.91. The molecule has 0 spiro atoms. The van der Waals surface area contributed by atoms with Crippen molar-refractivity contribution in [1.29, 1.82) is 0 Å². The lowest BCUT2D eigenvalue weighted by atomic mass is 10.1. The number of rotatable bonds is 5. The van der Waals surface area contributed by atoms with Crippen LogP contribution in [0.2, 0.25) is 0 Å². The molecule has 3 aromatic rings. The summed E-state index contributed by atoms with van der Waals surface area (Å²) in [4.78, 5) is 5.57. The Labute approximate surface area is 135 Å². The van der Waals surface area contributed by atoms with Crippen LogP contribution < -0.4 is 0 Å². The predicted molar refractivity (Wildman–Crippen MR) is 92.2 cm³/mol. The topological polar surface area (TPSA) is 41.6 Å². The molecular formula is C18H19N3S. The SMILES string of the molecule is Cc1cc(-c2ncn[nH]2)cc(SCCc2ccccc2)c1C. The van der Waals surface area contributed by atoms with E-state index in [2.05, 4.69) is 71.5 Å². The molecule has 3 rings (SSSR count). The zero-order chi connectivity index (χ0) is 15.4. The predicted octanol–water partition coefficient (Wildman–Crippen LogP) is 4.42. The van der Waals surface area contributed by atoms with Crippen molar-refractivity contribution in [2.24, 2.45) is 0 Å². The molecule has 0 atom stereocenters. The van der Waals surface area contributed by atoms with E-state index in [9.17, 15) is 0 Å². The second kappa shape index (κ2) is 6.79. The van der Waals surface area contributed by atoms with Crippen LogP contribution in [0.4, 0.5) is 0 Å². The average molecular weight is 309 g/mol. The van der Waals surface area contributed by atoms with Crippen LogP contribution in [-0.4, -0.2) is 20.9 Å². The van der Waals surface area contributed by atoms with Crippen molar-refractivity contribution in [3.63, 3.8) is 0 Å². The fourth-order valence-electron chi connectivity index (χ4n) is 2.38. The minimum atomic E-state index is 0.827. The van der Waals surface area contributed by atoms with Gasteiger partial charge in [-0.2, -0.15) is 5.10 Å². The molecule has 0 fully saturated rings. The van der Waals surface area contributed by atoms with Gasteiger partial charge in [0.1, 0.15) is 6.33 Å². The maximum atomic E-state index is 4.25. The highest BCUT2D eigenvalue weighted by atomic mass is 32.2. The van der Waals surface area contributed by atoms with Gasteiger partial charge in [0.15, 0.2) is 5.82 Å². The lowest BCUT2D eigenvalue weighted by Gasteiger charge is -2.11. The highest BCUT2D eigenvalue weighted by molar-refractivity contribution is 7.99. The summed E-state index contributed by atoms with van der Waals surface area (Å²) in [5, 5.41) is 6.88. The molecule has 4 heteroatoms. The molecule has 1 heterocycles. The highest BCUT2D eigenvalue weighted by Crippen LogP contribution is 2.30. The summed E-state index contributed by atoms with van der Waals surface area (Å²) in [6.07, 6.45) is 2.63. The fraction of sp³-hybridized carbons (Fsp3) is 0.222. The van der Waals surface area contributed by atoms with E-state index in [1.54, 1.807) is 6.33 Å². The zero-order valence-corrected chi connectivity index (χ0v) is 13.7. The third-order valence-electron chi connectivity index (χ3n) is 3.80. The number of H-pyrrole nitrogens is 1. The number of hydrogen-bond donors (Lipinski definition) is 1. The van der Waals surface area contributed by atoms with Crippen molar-refractivity contribution < 1.29 is 0 Å². The number of benzene rings is 2. The molecule has 0 bridgehead atoms. The van der Waals surface area contributed by atoms with Gasteiger partial charge in [0.25, 0.3) is 0 Å². The Morgan fingerprint density at radius 3 is 2.64 bits per heavy atom. The van der Waals surface area contributed by atoms with Crippen LogP contribution in [0, 0.1) is 13.8 Å². The summed E-state index contributed by atoms with van der Waals surface area (Å²) in [6, 6.07) is 15.0. The van der Waals surface area contributed by atoms with Crippen molar-refractivity contribution in [2.45, 2.75) is 25.2 Å². The second-order valence-corrected chi connectivity index (χ2v) is 6.47. The number of aryl methyl sites for hydroxylation is 2. The van der Waals surface area contributed by atoms with E-state index >= 15 is 0 Å². The van der Waals surface area contributed by atoms with Crippen molar-refractivity contribution in [2.75, 3.05) is 5.75 Å². The van der Waals surface area contributed by atoms with Gasteiger partial charge >= 0.3 is 0 Å². The second-order valence-electron chi connectivity index (χ2n) is 5.33. The molecule has 0 aliphatic carbocycles. The van der Waals surface area contributed by atoms with E-state index < -0.39 is 0 Å². The van der Waals surface area contributed by atoms with Crippen LogP contribution in [0.5, 0.6) is 0 Å². The summed E-state index contributed by atoms with van der Waals surface area (Å²) in [6.45, 7) is 4.33. The normalized spacial score (nSPS) is 10.8. The first-order valence-electron chi connectivity index (χ1n) is 7.38. The van der Waals surface area contributed by atoms with E-state index in [-0.39, 0.29) is 0 Å². The van der Waals surface area contributed by atoms with Gasteiger partial charge in [0.05, 0.1) is 0 Å². The summed E-state index contributed by atoms with van der Waals surface area (Å²) in [7, 11) is 0. The molecular weight excluding hydrogens is 290 g/mol. The molecule has 3 nitrogen and oxygen atoms in total. The number of hydrogen-bond acceptors (Lipinski definition) is 3. The maximum Gasteiger partial charge on any atom is 0.155 e. The van der Waals surface area contributed by atoms with Crippen molar-refractivity contribution in [3.05, 3.63) is 65.5 Å². The quantitative estimate of drug-likeness (QED) is 0.709. The number of aromatic nitrogens is 3. The van der Waals surface area contributed by atoms with Gasteiger partial charge in [0, 0.05) is 16.2 Å². The Morgan fingerprint density at radius 2 is 1.91 bits per heavy atom. The number of thioether (sulfide) groups is 1. The monoisotopic (exact) mass is 309 g/mol. The minimum Gasteiger partial charge on any atom is -0.259 e. The van der Waals surface area contributed by atoms with Crippen LogP contribution in [0.3, 0.4) is 0 Å². The minimum absolute atomic E-state index is 0.827. The van der Waals surface area contributed by atoms with Gasteiger partial charge in [-0.3, -0.25) is 5.10 Å². The van der Waals surface area contributed by atoms with Gasteiger partial charge in [0.2, 0.25) is 0 Å². The molecule has 0 unspecified atom stereocenters. The van der Waals surface area contributed by atoms with Crippen molar-refractivity contribution in [1.82, 2.24) is 15.2 Å². The Kier molecular flexibility index (Phi) is 4.59. The van der Waals surface area contributed by atoms with Crippen LogP contribution in [0.25, 0.3) is 11.4 Å². The van der Waals surface area contributed by atoms with E-state index in [0.717, 1.165) is 23.6 Å². The van der Waals surface area contributed by atoms with Crippen LogP contribution >= 0.6 is 11.8 Å². The van der Waals surface area contributed by atoms with Gasteiger partial charge in [-0.1, -0.05) is 30.3 Å². The number of aromatic amines is 1. The van der Waals surface area contributed by atoms with Gasteiger partial charge in [-0.05, 0) is 49.1 Å². The van der Waals surface area contributed by atoms with Crippen LogP contribution in [0.1, 0.15) is 16.7 Å². The highest BCUT2D eigenvalue weighted by Gasteiger charge is 2.08. The molecule has 0 saturated heterocycles. The lowest BCUT2D eigenvalue weighted by Crippen LogP contribution is -1.93. The molecule has 1 N–H and O–H groups in total. The van der Waals surface area contributed by atoms with Crippen LogP contribution in [-0.2, 0) is 6.42 Å². The molecule has 112 valence electrons. The summed E-state index contributed by atoms with van der Waals surface area (Å²) in [5.41, 5.74) is 5.12. The maximum absolute atomic E-state index is 4.25. The summed E-state index contributed by atoms with van der Waals surface area (Å²) in [5.74, 6) is 1.90. The molecule has 1 aromatic heterocycles. The largest absolute Gasteiger partial charge is 0.259 e. The first kappa shape index (κ1) is 14.9. The van der Waals surface area contributed by atoms with E-state index in [4.69, 9.17) is 0 Å². The molecule has 0 amide bonds. The lowest BCUT2D eigenvalue weighted by molar-refractivity contribution is 1.09. The molecule has 2 aromatic carbocycles. The zero-order valence-electron chi connectivity index (χ0n) is 12.8. The van der Waals surface area contributed by atoms with Gasteiger partial charge in [-0.25, -0.2) is 4.98 Å². The van der Waals surface area contributed by atoms with Crippen molar-refractivity contribution in [3.8, 4) is 11.4 Å². The Balaban J connectivity index is 1.75. The molecule has 0 aliphatic rings. The van der Waals surface area contributed by atoms with E-state index in [0.29, 0.717) is 0 Å². The smallest absolute Gasteiger partial charge is 0.155 e. The standard InChI is InChI=1S/C18H19N3S/c1-13-10-16(18-19-12-20-21-18)11-17(14(13)2)22-9-8-15-6-4-3-5-7-15/h3-7,10-12H,8-9H2,1-2H3,(H,19,20,21). The fourth-order valence-corrected chi connectivity index (χ4v) is 3.53.